The summed E-state index contributed by atoms with van der Waals surface area (Å²) >= 11 is 1.17. The van der Waals surface area contributed by atoms with E-state index in [2.05, 4.69) is 25.3 Å². The van der Waals surface area contributed by atoms with Crippen LogP contribution < -0.4 is 10.0 Å². The van der Waals surface area contributed by atoms with E-state index in [4.69, 9.17) is 0 Å². The number of anilines is 1. The van der Waals surface area contributed by atoms with Crippen molar-refractivity contribution in [3.63, 3.8) is 0 Å². The average molecular weight is 514 g/mol. The Balaban J connectivity index is 1.36. The molecular formula is C21H19N7O5S2. The van der Waals surface area contributed by atoms with E-state index in [1.807, 2.05) is 0 Å². The van der Waals surface area contributed by atoms with Crippen molar-refractivity contribution in [3.05, 3.63) is 82.7 Å². The number of thioether (sulfide) groups is 1. The fourth-order valence-corrected chi connectivity index (χ4v) is 4.77. The highest BCUT2D eigenvalue weighted by molar-refractivity contribution is 7.99. The van der Waals surface area contributed by atoms with Crippen LogP contribution in [0.15, 0.2) is 76.7 Å². The summed E-state index contributed by atoms with van der Waals surface area (Å²) in [4.78, 5) is 22.8. The highest BCUT2D eigenvalue weighted by atomic mass is 32.2. The van der Waals surface area contributed by atoms with Crippen molar-refractivity contribution in [2.45, 2.75) is 16.3 Å². The number of carbonyl (C=O) groups excluding carboxylic acids is 1. The average Bonchev–Trinajstić information content (AvgIpc) is 3.25. The molecule has 1 amide bonds. The molecule has 0 unspecified atom stereocenters. The summed E-state index contributed by atoms with van der Waals surface area (Å²) in [5, 5.41) is 26.6. The van der Waals surface area contributed by atoms with Crippen LogP contribution in [-0.4, -0.2) is 51.4 Å². The van der Waals surface area contributed by atoms with Gasteiger partial charge in [0, 0.05) is 30.8 Å². The number of hydrogen-bond acceptors (Lipinski definition) is 9. The molecule has 2 aromatic heterocycles. The number of aromatic nitrogens is 4. The topological polar surface area (TPSA) is 161 Å². The molecule has 0 aliphatic rings. The molecule has 4 rings (SSSR count). The second-order valence-electron chi connectivity index (χ2n) is 7.16. The molecule has 0 spiro atoms. The number of amides is 1. The van der Waals surface area contributed by atoms with E-state index in [9.17, 15) is 23.3 Å². The molecule has 0 radical (unpaired) electrons. The number of nitro benzene ring substituents is 1. The molecule has 0 aliphatic carbocycles. The Morgan fingerprint density at radius 3 is 2.63 bits per heavy atom. The first kappa shape index (κ1) is 24.3. The highest BCUT2D eigenvalue weighted by Gasteiger charge is 2.15. The lowest BCUT2D eigenvalue weighted by molar-refractivity contribution is -0.384. The SMILES string of the molecule is O=C(CSc1ccc2nnc(CCNS(=O)(=O)c3ccccc3)n2n1)Nc1cccc([N+](=O)[O-])c1. The Kier molecular flexibility index (Phi) is 7.33. The number of benzene rings is 2. The van der Waals surface area contributed by atoms with Gasteiger partial charge in [-0.1, -0.05) is 36.0 Å². The van der Waals surface area contributed by atoms with Crippen molar-refractivity contribution in [2.75, 3.05) is 17.6 Å². The highest BCUT2D eigenvalue weighted by Crippen LogP contribution is 2.19. The fourth-order valence-electron chi connectivity index (χ4n) is 3.06. The molecule has 4 aromatic rings. The summed E-state index contributed by atoms with van der Waals surface area (Å²) in [5.41, 5.74) is 0.692. The first-order valence-electron chi connectivity index (χ1n) is 10.2. The van der Waals surface area contributed by atoms with Crippen LogP contribution in [0.1, 0.15) is 5.82 Å². The van der Waals surface area contributed by atoms with Crippen LogP contribution in [0.2, 0.25) is 0 Å². The van der Waals surface area contributed by atoms with E-state index < -0.39 is 14.9 Å². The van der Waals surface area contributed by atoms with Gasteiger partial charge in [0.2, 0.25) is 15.9 Å². The summed E-state index contributed by atoms with van der Waals surface area (Å²) < 4.78 is 28.8. The molecule has 0 bridgehead atoms. The van der Waals surface area contributed by atoms with Crippen LogP contribution in [-0.2, 0) is 21.2 Å². The smallest absolute Gasteiger partial charge is 0.271 e. The molecule has 0 fully saturated rings. The predicted octanol–water partition coefficient (Wildman–Crippen LogP) is 2.28. The zero-order valence-electron chi connectivity index (χ0n) is 18.1. The van der Waals surface area contributed by atoms with Crippen molar-refractivity contribution < 1.29 is 18.1 Å². The van der Waals surface area contributed by atoms with Gasteiger partial charge in [-0.15, -0.1) is 10.2 Å². The van der Waals surface area contributed by atoms with Gasteiger partial charge >= 0.3 is 0 Å². The summed E-state index contributed by atoms with van der Waals surface area (Å²) in [5.74, 6) is 0.131. The number of hydrogen-bond donors (Lipinski definition) is 2. The van der Waals surface area contributed by atoms with Crippen LogP contribution in [0.3, 0.4) is 0 Å². The molecule has 0 aliphatic heterocycles. The van der Waals surface area contributed by atoms with Crippen LogP contribution in [0.4, 0.5) is 11.4 Å². The van der Waals surface area contributed by atoms with E-state index in [1.165, 1.54) is 46.6 Å². The quantitative estimate of drug-likeness (QED) is 0.184. The number of non-ortho nitro benzene ring substituents is 1. The third-order valence-corrected chi connectivity index (χ3v) is 7.09. The lowest BCUT2D eigenvalue weighted by atomic mass is 10.3. The summed E-state index contributed by atoms with van der Waals surface area (Å²) in [6, 6.07) is 17.1. The maximum absolute atomic E-state index is 12.4. The molecule has 12 nitrogen and oxygen atoms in total. The first-order valence-corrected chi connectivity index (χ1v) is 12.7. The third kappa shape index (κ3) is 6.17. The van der Waals surface area contributed by atoms with Gasteiger partial charge < -0.3 is 5.32 Å². The van der Waals surface area contributed by atoms with Crippen LogP contribution in [0.5, 0.6) is 0 Å². The zero-order chi connectivity index (χ0) is 24.8. The van der Waals surface area contributed by atoms with Gasteiger partial charge in [-0.2, -0.15) is 9.61 Å². The molecule has 2 aromatic carbocycles. The standard InChI is InChI=1S/C21H19N7O5S2/c29-20(23-15-5-4-6-16(13-15)28(30)31)14-34-21-10-9-18-24-25-19(27(18)26-21)11-12-22-35(32,33)17-7-2-1-3-8-17/h1-10,13,22H,11-12,14H2,(H,23,29). The minimum absolute atomic E-state index is 0.0233. The van der Waals surface area contributed by atoms with Crippen LogP contribution >= 0.6 is 11.8 Å². The molecule has 35 heavy (non-hydrogen) atoms. The zero-order valence-corrected chi connectivity index (χ0v) is 19.7. The van der Waals surface area contributed by atoms with Crippen molar-refractivity contribution >= 4 is 44.7 Å². The molecule has 0 saturated heterocycles. The Hall–Kier alpha value is -3.88. The normalized spacial score (nSPS) is 11.4. The largest absolute Gasteiger partial charge is 0.325 e. The van der Waals surface area contributed by atoms with E-state index in [0.717, 1.165) is 0 Å². The Morgan fingerprint density at radius 1 is 1.06 bits per heavy atom. The van der Waals surface area contributed by atoms with Gasteiger partial charge in [0.15, 0.2) is 11.5 Å². The van der Waals surface area contributed by atoms with E-state index in [0.29, 0.717) is 22.2 Å². The summed E-state index contributed by atoms with van der Waals surface area (Å²) in [6.07, 6.45) is 0.252. The summed E-state index contributed by atoms with van der Waals surface area (Å²) in [7, 11) is -3.64. The molecular weight excluding hydrogens is 494 g/mol. The number of nitro groups is 1. The number of nitrogens with zero attached hydrogens (tertiary/aromatic N) is 5. The monoisotopic (exact) mass is 513 g/mol. The van der Waals surface area contributed by atoms with Crippen molar-refractivity contribution in [1.29, 1.82) is 0 Å². The van der Waals surface area contributed by atoms with Gasteiger partial charge in [0.1, 0.15) is 5.03 Å². The van der Waals surface area contributed by atoms with Crippen LogP contribution in [0, 0.1) is 10.1 Å². The fraction of sp³-hybridized carbons (Fsp3) is 0.143. The minimum Gasteiger partial charge on any atom is -0.325 e. The molecule has 0 saturated carbocycles. The van der Waals surface area contributed by atoms with Crippen molar-refractivity contribution in [2.24, 2.45) is 0 Å². The number of nitrogens with one attached hydrogen (secondary N) is 2. The predicted molar refractivity (Wildman–Crippen MR) is 129 cm³/mol. The number of rotatable bonds is 10. The number of fused-ring (bicyclic) bond motifs is 1. The Bertz CT molecular complexity index is 1480. The molecule has 2 N–H and O–H groups in total. The Morgan fingerprint density at radius 2 is 1.86 bits per heavy atom. The second kappa shape index (κ2) is 10.6. The summed E-state index contributed by atoms with van der Waals surface area (Å²) in [6.45, 7) is 0.0999. The van der Waals surface area contributed by atoms with Crippen molar-refractivity contribution in [1.82, 2.24) is 24.5 Å². The van der Waals surface area contributed by atoms with Gasteiger partial charge in [-0.3, -0.25) is 14.9 Å². The van der Waals surface area contributed by atoms with Gasteiger partial charge in [-0.25, -0.2) is 13.1 Å². The maximum atomic E-state index is 12.4. The molecule has 2 heterocycles. The lowest BCUT2D eigenvalue weighted by Gasteiger charge is -2.07. The minimum atomic E-state index is -3.64. The second-order valence-corrected chi connectivity index (χ2v) is 9.93. The Labute approximate surface area is 204 Å². The van der Waals surface area contributed by atoms with E-state index >= 15 is 0 Å². The third-order valence-electron chi connectivity index (χ3n) is 4.69. The van der Waals surface area contributed by atoms with Gasteiger partial charge in [0.25, 0.3) is 5.69 Å². The molecule has 0 atom stereocenters. The number of carbonyl (C=O) groups is 1. The van der Waals surface area contributed by atoms with Gasteiger partial charge in [-0.05, 0) is 30.3 Å². The first-order chi connectivity index (χ1) is 16.8. The van der Waals surface area contributed by atoms with E-state index in [1.54, 1.807) is 36.4 Å². The molecule has 14 heteroatoms. The van der Waals surface area contributed by atoms with Crippen molar-refractivity contribution in [3.8, 4) is 0 Å². The molecule has 180 valence electrons. The lowest BCUT2D eigenvalue weighted by Crippen LogP contribution is -2.26. The van der Waals surface area contributed by atoms with E-state index in [-0.39, 0.29) is 35.2 Å². The number of sulfonamides is 1. The maximum Gasteiger partial charge on any atom is 0.271 e. The van der Waals surface area contributed by atoms with Gasteiger partial charge in [0.05, 0.1) is 15.6 Å². The van der Waals surface area contributed by atoms with Crippen LogP contribution in [0.25, 0.3) is 5.65 Å².